The molecule has 0 aliphatic rings. The molecule has 0 radical (unpaired) electrons. The van der Waals surface area contributed by atoms with Gasteiger partial charge in [-0.2, -0.15) is 20.1 Å². The second kappa shape index (κ2) is 6.78. The average Bonchev–Trinajstić information content (AvgIpc) is 2.99. The van der Waals surface area contributed by atoms with E-state index in [2.05, 4.69) is 30.8 Å². The monoisotopic (exact) mass is 278 g/mol. The zero-order valence-corrected chi connectivity index (χ0v) is 11.4. The molecule has 0 amide bonds. The number of nitrogens with two attached hydrogens (primary N) is 1. The van der Waals surface area contributed by atoms with E-state index in [9.17, 15) is 0 Å². The van der Waals surface area contributed by atoms with Crippen LogP contribution in [0.3, 0.4) is 0 Å². The number of hydrogen-bond acceptors (Lipinski definition) is 8. The van der Waals surface area contributed by atoms with E-state index < -0.39 is 0 Å². The van der Waals surface area contributed by atoms with Gasteiger partial charge in [-0.3, -0.25) is 5.43 Å². The number of ether oxygens (including phenoxy) is 1. The lowest BCUT2D eigenvalue weighted by atomic mass is 10.4. The van der Waals surface area contributed by atoms with Crippen molar-refractivity contribution in [3.63, 3.8) is 0 Å². The number of nitrogen functional groups attached to an aromatic ring is 1. The third-order valence-corrected chi connectivity index (χ3v) is 2.46. The van der Waals surface area contributed by atoms with E-state index in [1.54, 1.807) is 18.5 Å². The van der Waals surface area contributed by atoms with Gasteiger partial charge in [0.2, 0.25) is 11.9 Å². The van der Waals surface area contributed by atoms with Crippen LogP contribution in [0.5, 0.6) is 0 Å². The molecule has 2 heterocycles. The van der Waals surface area contributed by atoms with Gasteiger partial charge >= 0.3 is 0 Å². The zero-order chi connectivity index (χ0) is 14.4. The van der Waals surface area contributed by atoms with Crippen molar-refractivity contribution in [2.75, 3.05) is 23.9 Å². The summed E-state index contributed by atoms with van der Waals surface area (Å²) in [7, 11) is 0. The first kappa shape index (κ1) is 14.2. The number of nitrogens with one attached hydrogen (secondary N) is 2. The Bertz CT molecular complexity index is 529. The Morgan fingerprint density at radius 3 is 2.80 bits per heavy atom. The summed E-state index contributed by atoms with van der Waals surface area (Å²) >= 11 is 0. The molecular weight excluding hydrogens is 260 g/mol. The average molecular weight is 278 g/mol. The maximum Gasteiger partial charge on any atom is 0.257 e. The lowest BCUT2D eigenvalue weighted by Gasteiger charge is -2.13. The Morgan fingerprint density at radius 1 is 1.35 bits per heavy atom. The minimum atomic E-state index is 0.0548. The maximum atomic E-state index is 5.43. The van der Waals surface area contributed by atoms with E-state index in [0.29, 0.717) is 25.0 Å². The van der Waals surface area contributed by atoms with Crippen LogP contribution in [0.25, 0.3) is 5.95 Å². The van der Waals surface area contributed by atoms with Crippen molar-refractivity contribution in [2.45, 2.75) is 20.0 Å². The fraction of sp³-hybridized carbons (Fsp3) is 0.455. The molecule has 0 spiro atoms. The van der Waals surface area contributed by atoms with Gasteiger partial charge in [0.1, 0.15) is 0 Å². The summed E-state index contributed by atoms with van der Waals surface area (Å²) in [5, 5.41) is 7.15. The van der Waals surface area contributed by atoms with E-state index in [4.69, 9.17) is 10.6 Å². The summed E-state index contributed by atoms with van der Waals surface area (Å²) in [6, 6.07) is 1.78. The Morgan fingerprint density at radius 2 is 2.15 bits per heavy atom. The molecule has 0 saturated carbocycles. The normalized spacial score (nSPS) is 12.2. The van der Waals surface area contributed by atoms with Crippen LogP contribution in [-0.4, -0.2) is 44.0 Å². The van der Waals surface area contributed by atoms with E-state index in [-0.39, 0.29) is 12.1 Å². The summed E-state index contributed by atoms with van der Waals surface area (Å²) < 4.78 is 6.96. The first-order chi connectivity index (χ1) is 9.72. The molecule has 0 aliphatic heterocycles. The first-order valence-corrected chi connectivity index (χ1v) is 6.31. The topological polar surface area (TPSA) is 116 Å². The van der Waals surface area contributed by atoms with Crippen LogP contribution < -0.4 is 16.6 Å². The quantitative estimate of drug-likeness (QED) is 0.485. The molecule has 108 valence electrons. The van der Waals surface area contributed by atoms with Gasteiger partial charge < -0.3 is 10.1 Å². The lowest BCUT2D eigenvalue weighted by Crippen LogP contribution is -2.22. The molecule has 2 aromatic heterocycles. The molecule has 20 heavy (non-hydrogen) atoms. The van der Waals surface area contributed by atoms with Crippen molar-refractivity contribution in [3.8, 4) is 5.95 Å². The molecule has 2 rings (SSSR count). The smallest absolute Gasteiger partial charge is 0.257 e. The van der Waals surface area contributed by atoms with Gasteiger partial charge in [-0.05, 0) is 19.9 Å². The zero-order valence-electron chi connectivity index (χ0n) is 11.4. The minimum absolute atomic E-state index is 0.0548. The molecule has 0 aliphatic carbocycles. The number of rotatable bonds is 7. The summed E-state index contributed by atoms with van der Waals surface area (Å²) in [4.78, 5) is 12.5. The SMILES string of the molecule is CCOC(C)CNc1nc(NN)nc(-n2cccn2)n1. The Hall–Kier alpha value is -2.26. The second-order valence-corrected chi connectivity index (χ2v) is 4.02. The van der Waals surface area contributed by atoms with Crippen LogP contribution in [0.15, 0.2) is 18.5 Å². The minimum Gasteiger partial charge on any atom is -0.377 e. The van der Waals surface area contributed by atoms with Crippen molar-refractivity contribution >= 4 is 11.9 Å². The molecule has 9 heteroatoms. The first-order valence-electron chi connectivity index (χ1n) is 6.31. The molecule has 1 atom stereocenters. The lowest BCUT2D eigenvalue weighted by molar-refractivity contribution is 0.0854. The third kappa shape index (κ3) is 3.62. The summed E-state index contributed by atoms with van der Waals surface area (Å²) in [5.74, 6) is 6.41. The van der Waals surface area contributed by atoms with E-state index in [0.717, 1.165) is 0 Å². The second-order valence-electron chi connectivity index (χ2n) is 4.02. The van der Waals surface area contributed by atoms with Gasteiger partial charge in [-0.25, -0.2) is 10.5 Å². The van der Waals surface area contributed by atoms with Gasteiger partial charge in [0, 0.05) is 25.5 Å². The maximum absolute atomic E-state index is 5.43. The van der Waals surface area contributed by atoms with Crippen molar-refractivity contribution in [1.29, 1.82) is 0 Å². The fourth-order valence-corrected chi connectivity index (χ4v) is 1.58. The molecule has 0 fully saturated rings. The van der Waals surface area contributed by atoms with Crippen molar-refractivity contribution in [3.05, 3.63) is 18.5 Å². The van der Waals surface area contributed by atoms with Crippen molar-refractivity contribution < 1.29 is 4.74 Å². The number of hydrogen-bond donors (Lipinski definition) is 3. The molecular formula is C11H18N8O. The number of anilines is 2. The molecule has 9 nitrogen and oxygen atoms in total. The summed E-state index contributed by atoms with van der Waals surface area (Å²) in [5.41, 5.74) is 2.41. The Kier molecular flexibility index (Phi) is 4.80. The van der Waals surface area contributed by atoms with E-state index >= 15 is 0 Å². The number of hydrazine groups is 1. The van der Waals surface area contributed by atoms with Crippen LogP contribution in [0, 0.1) is 0 Å². The van der Waals surface area contributed by atoms with Crippen LogP contribution in [0.1, 0.15) is 13.8 Å². The van der Waals surface area contributed by atoms with Gasteiger partial charge in [0.15, 0.2) is 0 Å². The van der Waals surface area contributed by atoms with Gasteiger partial charge in [-0.1, -0.05) is 0 Å². The number of aromatic nitrogens is 5. The predicted molar refractivity (Wildman–Crippen MR) is 74.3 cm³/mol. The molecule has 0 aromatic carbocycles. The molecule has 0 bridgehead atoms. The van der Waals surface area contributed by atoms with Gasteiger partial charge in [-0.15, -0.1) is 0 Å². The molecule has 2 aromatic rings. The predicted octanol–water partition coefficient (Wildman–Crippen LogP) is 0.180. The molecule has 1 unspecified atom stereocenters. The van der Waals surface area contributed by atoms with Crippen LogP contribution >= 0.6 is 0 Å². The van der Waals surface area contributed by atoms with Crippen LogP contribution in [0.2, 0.25) is 0 Å². The standard InChI is InChI=1S/C11H18N8O/c1-3-20-8(2)7-13-9-15-10(18-12)17-11(16-9)19-6-4-5-14-19/h4-6,8H,3,7,12H2,1-2H3,(H2,13,15,16,17,18). The van der Waals surface area contributed by atoms with Crippen molar-refractivity contribution in [2.24, 2.45) is 5.84 Å². The van der Waals surface area contributed by atoms with Gasteiger partial charge in [0.25, 0.3) is 5.95 Å². The Balaban J connectivity index is 2.14. The van der Waals surface area contributed by atoms with E-state index in [1.807, 2.05) is 13.8 Å². The summed E-state index contributed by atoms with van der Waals surface area (Å²) in [6.45, 7) is 5.16. The van der Waals surface area contributed by atoms with Crippen LogP contribution in [-0.2, 0) is 4.74 Å². The highest BCUT2D eigenvalue weighted by molar-refractivity contribution is 5.36. The van der Waals surface area contributed by atoms with Gasteiger partial charge in [0.05, 0.1) is 6.10 Å². The highest BCUT2D eigenvalue weighted by Gasteiger charge is 2.09. The largest absolute Gasteiger partial charge is 0.377 e. The van der Waals surface area contributed by atoms with Crippen molar-refractivity contribution in [1.82, 2.24) is 24.7 Å². The summed E-state index contributed by atoms with van der Waals surface area (Å²) in [6.07, 6.45) is 3.44. The van der Waals surface area contributed by atoms with E-state index in [1.165, 1.54) is 4.68 Å². The van der Waals surface area contributed by atoms with Crippen LogP contribution in [0.4, 0.5) is 11.9 Å². The number of nitrogens with zero attached hydrogens (tertiary/aromatic N) is 5. The fourth-order valence-electron chi connectivity index (χ4n) is 1.58. The Labute approximate surface area is 116 Å². The third-order valence-electron chi connectivity index (χ3n) is 2.46. The highest BCUT2D eigenvalue weighted by atomic mass is 16.5. The highest BCUT2D eigenvalue weighted by Crippen LogP contribution is 2.08. The molecule has 4 N–H and O–H groups in total. The molecule has 0 saturated heterocycles.